The Morgan fingerprint density at radius 1 is 0.914 bits per heavy atom. The molecule has 2 aromatic carbocycles. The monoisotopic (exact) mass is 474 g/mol. The molecular formula is C27H27FN4O3. The van der Waals surface area contributed by atoms with E-state index >= 15 is 0 Å². The van der Waals surface area contributed by atoms with Crippen LogP contribution in [0.2, 0.25) is 0 Å². The summed E-state index contributed by atoms with van der Waals surface area (Å²) in [6.07, 6.45) is 0.921. The van der Waals surface area contributed by atoms with E-state index in [2.05, 4.69) is 5.32 Å². The lowest BCUT2D eigenvalue weighted by atomic mass is 9.83. The van der Waals surface area contributed by atoms with Crippen molar-refractivity contribution in [3.8, 4) is 0 Å². The summed E-state index contributed by atoms with van der Waals surface area (Å²) in [7, 11) is 3.92. The Balaban J connectivity index is 1.34. The third-order valence-corrected chi connectivity index (χ3v) is 6.88. The molecule has 180 valence electrons. The van der Waals surface area contributed by atoms with Crippen LogP contribution < -0.4 is 15.8 Å². The highest BCUT2D eigenvalue weighted by Gasteiger charge is 2.37. The summed E-state index contributed by atoms with van der Waals surface area (Å²) in [5, 5.41) is 2.66. The number of halogens is 1. The normalized spacial score (nSPS) is 18.5. The molecule has 0 aliphatic carbocycles. The van der Waals surface area contributed by atoms with Gasteiger partial charge in [0.1, 0.15) is 11.5 Å². The van der Waals surface area contributed by atoms with Gasteiger partial charge in [0.15, 0.2) is 0 Å². The standard InChI is InChI=1S/C27H27FN4O3/c1-30(2)22-9-5-19(6-10-22)26(34)31-14-17-13-20(16-31)24-12-11-23(27(35)32(24)15-17)29-25(33)18-3-7-21(28)8-4-18/h3-12,17,20H,13-16H2,1-2H3,(H,29,33)/t17-,20+/m0/s1. The summed E-state index contributed by atoms with van der Waals surface area (Å²) in [5.74, 6) is -0.672. The van der Waals surface area contributed by atoms with Crippen molar-refractivity contribution in [1.82, 2.24) is 9.47 Å². The van der Waals surface area contributed by atoms with Gasteiger partial charge in [-0.15, -0.1) is 0 Å². The van der Waals surface area contributed by atoms with E-state index in [-0.39, 0.29) is 34.6 Å². The number of nitrogens with zero attached hydrogens (tertiary/aromatic N) is 3. The summed E-state index contributed by atoms with van der Waals surface area (Å²) in [6, 6.07) is 16.3. The Morgan fingerprint density at radius 2 is 1.60 bits per heavy atom. The molecule has 1 saturated heterocycles. The van der Waals surface area contributed by atoms with Crippen molar-refractivity contribution in [1.29, 1.82) is 0 Å². The molecule has 3 heterocycles. The molecule has 5 rings (SSSR count). The topological polar surface area (TPSA) is 74.7 Å². The van der Waals surface area contributed by atoms with Crippen LogP contribution in [-0.2, 0) is 6.54 Å². The van der Waals surface area contributed by atoms with Crippen LogP contribution in [0.15, 0.2) is 65.5 Å². The number of hydrogen-bond donors (Lipinski definition) is 1. The van der Waals surface area contributed by atoms with Gasteiger partial charge >= 0.3 is 0 Å². The fraction of sp³-hybridized carbons (Fsp3) is 0.296. The van der Waals surface area contributed by atoms with E-state index in [0.29, 0.717) is 25.2 Å². The lowest BCUT2D eigenvalue weighted by molar-refractivity contribution is 0.0594. The van der Waals surface area contributed by atoms with Gasteiger partial charge in [0.2, 0.25) is 0 Å². The maximum atomic E-state index is 13.2. The Bertz CT molecular complexity index is 1330. The highest BCUT2D eigenvalue weighted by molar-refractivity contribution is 6.04. The number of aromatic nitrogens is 1. The van der Waals surface area contributed by atoms with Crippen molar-refractivity contribution >= 4 is 23.2 Å². The highest BCUT2D eigenvalue weighted by Crippen LogP contribution is 2.36. The first-order valence-electron chi connectivity index (χ1n) is 11.7. The van der Waals surface area contributed by atoms with Gasteiger partial charge in [-0.1, -0.05) is 0 Å². The molecule has 2 bridgehead atoms. The van der Waals surface area contributed by atoms with E-state index in [4.69, 9.17) is 0 Å². The molecule has 0 spiro atoms. The predicted octanol–water partition coefficient (Wildman–Crippen LogP) is 3.57. The number of anilines is 2. The van der Waals surface area contributed by atoms with Crippen molar-refractivity contribution in [3.63, 3.8) is 0 Å². The third-order valence-electron chi connectivity index (χ3n) is 6.88. The molecule has 1 N–H and O–H groups in total. The minimum Gasteiger partial charge on any atom is -0.378 e. The minimum absolute atomic E-state index is 0.00369. The zero-order chi connectivity index (χ0) is 24.7. The van der Waals surface area contributed by atoms with Crippen LogP contribution in [0, 0.1) is 11.7 Å². The van der Waals surface area contributed by atoms with E-state index in [9.17, 15) is 18.8 Å². The second kappa shape index (κ2) is 9.02. The molecule has 1 fully saturated rings. The second-order valence-electron chi connectivity index (χ2n) is 9.50. The number of likely N-dealkylation sites (tertiary alicyclic amines) is 1. The van der Waals surface area contributed by atoms with Crippen LogP contribution in [0.25, 0.3) is 0 Å². The molecular weight excluding hydrogens is 447 g/mol. The largest absolute Gasteiger partial charge is 0.378 e. The zero-order valence-electron chi connectivity index (χ0n) is 19.7. The zero-order valence-corrected chi connectivity index (χ0v) is 19.7. The first-order valence-corrected chi connectivity index (χ1v) is 11.7. The molecule has 7 nitrogen and oxygen atoms in total. The fourth-order valence-corrected chi connectivity index (χ4v) is 5.09. The Hall–Kier alpha value is -3.94. The maximum absolute atomic E-state index is 13.2. The van der Waals surface area contributed by atoms with Crippen molar-refractivity contribution in [3.05, 3.63) is 93.7 Å². The summed E-state index contributed by atoms with van der Waals surface area (Å²) >= 11 is 0. The van der Waals surface area contributed by atoms with Crippen LogP contribution in [0.1, 0.15) is 38.7 Å². The van der Waals surface area contributed by atoms with Crippen molar-refractivity contribution in [2.45, 2.75) is 18.9 Å². The number of benzene rings is 2. The van der Waals surface area contributed by atoms with E-state index in [1.54, 1.807) is 10.6 Å². The van der Waals surface area contributed by atoms with Crippen LogP contribution in [0.3, 0.4) is 0 Å². The van der Waals surface area contributed by atoms with E-state index < -0.39 is 11.7 Å². The molecule has 2 aliphatic rings. The Kier molecular flexibility index (Phi) is 5.88. The minimum atomic E-state index is -0.462. The molecule has 0 saturated carbocycles. The van der Waals surface area contributed by atoms with Crippen LogP contribution in [0.5, 0.6) is 0 Å². The number of fused-ring (bicyclic) bond motifs is 4. The first kappa shape index (κ1) is 22.8. The molecule has 2 aliphatic heterocycles. The molecule has 0 radical (unpaired) electrons. The number of nitrogens with one attached hydrogen (secondary N) is 1. The Morgan fingerprint density at radius 3 is 2.29 bits per heavy atom. The van der Waals surface area contributed by atoms with E-state index in [1.807, 2.05) is 54.2 Å². The molecule has 1 aromatic heterocycles. The smallest absolute Gasteiger partial charge is 0.274 e. The van der Waals surface area contributed by atoms with E-state index in [1.165, 1.54) is 24.3 Å². The van der Waals surface area contributed by atoms with Gasteiger partial charge in [0, 0.05) is 62.2 Å². The first-order chi connectivity index (χ1) is 16.8. The number of pyridine rings is 1. The SMILES string of the molecule is CN(C)c1ccc(C(=O)N2C[C@@H]3C[C@H](C2)c2ccc(NC(=O)c4ccc(F)cc4)c(=O)n2C3)cc1. The van der Waals surface area contributed by atoms with Crippen molar-refractivity contribution < 1.29 is 14.0 Å². The third kappa shape index (κ3) is 4.43. The van der Waals surface area contributed by atoms with Crippen LogP contribution in [0.4, 0.5) is 15.8 Å². The quantitative estimate of drug-likeness (QED) is 0.628. The number of hydrogen-bond acceptors (Lipinski definition) is 4. The maximum Gasteiger partial charge on any atom is 0.274 e. The van der Waals surface area contributed by atoms with Crippen molar-refractivity contribution in [2.24, 2.45) is 5.92 Å². The summed E-state index contributed by atoms with van der Waals surface area (Å²) in [5.41, 5.74) is 2.79. The predicted molar refractivity (Wildman–Crippen MR) is 133 cm³/mol. The van der Waals surface area contributed by atoms with Gasteiger partial charge in [0.05, 0.1) is 0 Å². The molecule has 8 heteroatoms. The van der Waals surface area contributed by atoms with Crippen LogP contribution in [-0.4, -0.2) is 48.5 Å². The van der Waals surface area contributed by atoms with Gasteiger partial charge in [-0.25, -0.2) is 4.39 Å². The van der Waals surface area contributed by atoms with Gasteiger partial charge in [-0.2, -0.15) is 0 Å². The highest BCUT2D eigenvalue weighted by atomic mass is 19.1. The lowest BCUT2D eigenvalue weighted by Gasteiger charge is -2.43. The molecule has 2 atom stereocenters. The summed E-state index contributed by atoms with van der Waals surface area (Å²) < 4.78 is 14.9. The molecule has 0 unspecified atom stereocenters. The van der Waals surface area contributed by atoms with Gasteiger partial charge in [-0.05, 0) is 73.0 Å². The van der Waals surface area contributed by atoms with Crippen LogP contribution >= 0.6 is 0 Å². The summed E-state index contributed by atoms with van der Waals surface area (Å²) in [4.78, 5) is 42.8. The van der Waals surface area contributed by atoms with Gasteiger partial charge < -0.3 is 19.7 Å². The fourth-order valence-electron chi connectivity index (χ4n) is 5.09. The van der Waals surface area contributed by atoms with Gasteiger partial charge in [0.25, 0.3) is 17.4 Å². The number of amides is 2. The number of carbonyl (C=O) groups excluding carboxylic acids is 2. The average molecular weight is 475 g/mol. The molecule has 2 amide bonds. The average Bonchev–Trinajstić information content (AvgIpc) is 2.86. The second-order valence-corrected chi connectivity index (χ2v) is 9.50. The number of carbonyl (C=O) groups is 2. The van der Waals surface area contributed by atoms with Gasteiger partial charge in [-0.3, -0.25) is 14.4 Å². The summed E-state index contributed by atoms with van der Waals surface area (Å²) in [6.45, 7) is 1.63. The number of rotatable bonds is 4. The lowest BCUT2D eigenvalue weighted by Crippen LogP contribution is -2.49. The number of piperidine rings is 1. The van der Waals surface area contributed by atoms with E-state index in [0.717, 1.165) is 17.8 Å². The Labute approximate surface area is 202 Å². The molecule has 3 aromatic rings. The van der Waals surface area contributed by atoms with Crippen molar-refractivity contribution in [2.75, 3.05) is 37.4 Å². The molecule has 35 heavy (non-hydrogen) atoms.